The first-order valence-electron chi connectivity index (χ1n) is 9.42. The zero-order valence-corrected chi connectivity index (χ0v) is 16.3. The zero-order chi connectivity index (χ0) is 18.7. The van der Waals surface area contributed by atoms with Crippen molar-refractivity contribution in [3.8, 4) is 0 Å². The summed E-state index contributed by atoms with van der Waals surface area (Å²) in [6.45, 7) is 5.33. The minimum absolute atomic E-state index is 0.000246. The van der Waals surface area contributed by atoms with Crippen molar-refractivity contribution >= 4 is 21.6 Å². The number of anilines is 1. The van der Waals surface area contributed by atoms with Crippen LogP contribution in [0.15, 0.2) is 41.3 Å². The minimum Gasteiger partial charge on any atom is -0.326 e. The number of hydrogen-bond acceptors (Lipinski definition) is 3. The van der Waals surface area contributed by atoms with E-state index in [-0.39, 0.29) is 16.7 Å². The summed E-state index contributed by atoms with van der Waals surface area (Å²) >= 11 is 0. The molecule has 26 heavy (non-hydrogen) atoms. The Morgan fingerprint density at radius 2 is 1.73 bits per heavy atom. The Labute approximate surface area is 156 Å². The van der Waals surface area contributed by atoms with Crippen LogP contribution in [0.2, 0.25) is 0 Å². The topological polar surface area (TPSA) is 66.5 Å². The van der Waals surface area contributed by atoms with Gasteiger partial charge < -0.3 is 5.32 Å². The van der Waals surface area contributed by atoms with Crippen LogP contribution in [0.25, 0.3) is 0 Å². The van der Waals surface area contributed by atoms with Gasteiger partial charge in [-0.3, -0.25) is 4.79 Å². The maximum absolute atomic E-state index is 12.9. The molecular weight excluding hydrogens is 348 g/mol. The lowest BCUT2D eigenvalue weighted by Gasteiger charge is -2.34. The molecule has 1 amide bonds. The van der Waals surface area contributed by atoms with Crippen molar-refractivity contribution < 1.29 is 13.2 Å². The molecule has 0 saturated carbocycles. The van der Waals surface area contributed by atoms with Crippen LogP contribution in [0.1, 0.15) is 39.5 Å². The first kappa shape index (κ1) is 19.1. The Morgan fingerprint density at radius 1 is 1.08 bits per heavy atom. The van der Waals surface area contributed by atoms with Crippen LogP contribution < -0.4 is 5.32 Å². The molecule has 0 bridgehead atoms. The van der Waals surface area contributed by atoms with Gasteiger partial charge in [0.2, 0.25) is 15.9 Å². The van der Waals surface area contributed by atoms with E-state index in [1.807, 2.05) is 6.08 Å². The monoisotopic (exact) mass is 376 g/mol. The molecule has 3 atom stereocenters. The molecule has 1 aliphatic carbocycles. The van der Waals surface area contributed by atoms with E-state index < -0.39 is 10.0 Å². The minimum atomic E-state index is -3.48. The van der Waals surface area contributed by atoms with E-state index >= 15 is 0 Å². The van der Waals surface area contributed by atoms with Gasteiger partial charge in [-0.25, -0.2) is 8.42 Å². The fourth-order valence-electron chi connectivity index (χ4n) is 3.94. The number of benzene rings is 1. The van der Waals surface area contributed by atoms with Gasteiger partial charge in [-0.2, -0.15) is 4.31 Å². The number of nitrogens with one attached hydrogen (secondary N) is 1. The molecule has 0 aromatic heterocycles. The second kappa shape index (κ2) is 7.92. The third-order valence-electron chi connectivity index (χ3n) is 5.23. The molecule has 142 valence electrons. The first-order valence-corrected chi connectivity index (χ1v) is 10.9. The van der Waals surface area contributed by atoms with Crippen molar-refractivity contribution in [1.29, 1.82) is 0 Å². The molecule has 1 saturated heterocycles. The van der Waals surface area contributed by atoms with E-state index in [9.17, 15) is 13.2 Å². The molecule has 1 heterocycles. The van der Waals surface area contributed by atoms with E-state index in [0.29, 0.717) is 30.6 Å². The van der Waals surface area contributed by atoms with Gasteiger partial charge >= 0.3 is 0 Å². The Bertz CT molecular complexity index is 761. The van der Waals surface area contributed by atoms with Crippen molar-refractivity contribution in [1.82, 2.24) is 4.31 Å². The van der Waals surface area contributed by atoms with Crippen molar-refractivity contribution in [2.24, 2.45) is 17.8 Å². The summed E-state index contributed by atoms with van der Waals surface area (Å²) in [5.41, 5.74) is 0.642. The zero-order valence-electron chi connectivity index (χ0n) is 15.5. The molecule has 1 aromatic carbocycles. The number of carbonyl (C=O) groups is 1. The smallest absolute Gasteiger partial charge is 0.243 e. The van der Waals surface area contributed by atoms with E-state index in [1.54, 1.807) is 28.6 Å². The number of sulfonamides is 1. The SMILES string of the molecule is CC1CC(C)CN(S(=O)(=O)c2ccc(NC(=O)C3CC=CCC3)cc2)C1. The first-order chi connectivity index (χ1) is 12.4. The van der Waals surface area contributed by atoms with Gasteiger partial charge in [0.05, 0.1) is 4.90 Å². The van der Waals surface area contributed by atoms with Crippen molar-refractivity contribution in [2.75, 3.05) is 18.4 Å². The van der Waals surface area contributed by atoms with Crippen LogP contribution >= 0.6 is 0 Å². The molecule has 1 aromatic rings. The van der Waals surface area contributed by atoms with Crippen molar-refractivity contribution in [3.05, 3.63) is 36.4 Å². The number of carbonyl (C=O) groups excluding carboxylic acids is 1. The van der Waals surface area contributed by atoms with Gasteiger partial charge in [-0.15, -0.1) is 0 Å². The standard InChI is InChI=1S/C20H28N2O3S/c1-15-12-16(2)14-22(13-15)26(24,25)19-10-8-18(9-11-19)21-20(23)17-6-4-3-5-7-17/h3-4,8-11,15-17H,5-7,12-14H2,1-2H3,(H,21,23). The molecule has 2 aliphatic rings. The van der Waals surface area contributed by atoms with Gasteiger partial charge in [0, 0.05) is 24.7 Å². The van der Waals surface area contributed by atoms with E-state index in [2.05, 4.69) is 25.2 Å². The van der Waals surface area contributed by atoms with Gasteiger partial charge in [-0.1, -0.05) is 26.0 Å². The predicted octanol–water partition coefficient (Wildman–Crippen LogP) is 3.65. The van der Waals surface area contributed by atoms with Crippen LogP contribution in [-0.4, -0.2) is 31.7 Å². The lowest BCUT2D eigenvalue weighted by atomic mass is 9.93. The number of rotatable bonds is 4. The summed E-state index contributed by atoms with van der Waals surface area (Å²) in [5.74, 6) is 0.747. The van der Waals surface area contributed by atoms with Crippen LogP contribution in [0.5, 0.6) is 0 Å². The van der Waals surface area contributed by atoms with Crippen LogP contribution in [0.4, 0.5) is 5.69 Å². The maximum Gasteiger partial charge on any atom is 0.243 e. The Morgan fingerprint density at radius 3 is 2.31 bits per heavy atom. The fraction of sp³-hybridized carbons (Fsp3) is 0.550. The molecule has 0 spiro atoms. The largest absolute Gasteiger partial charge is 0.326 e. The third kappa shape index (κ3) is 4.35. The molecule has 5 nitrogen and oxygen atoms in total. The van der Waals surface area contributed by atoms with E-state index in [1.165, 1.54) is 0 Å². The predicted molar refractivity (Wildman–Crippen MR) is 103 cm³/mol. The second-order valence-corrected chi connectivity index (χ2v) is 9.70. The molecular formula is C20H28N2O3S. The lowest BCUT2D eigenvalue weighted by molar-refractivity contribution is -0.120. The van der Waals surface area contributed by atoms with Gasteiger partial charge in [0.25, 0.3) is 0 Å². The summed E-state index contributed by atoms with van der Waals surface area (Å²) in [6.07, 6.45) is 7.77. The number of amides is 1. The highest BCUT2D eigenvalue weighted by molar-refractivity contribution is 7.89. The van der Waals surface area contributed by atoms with E-state index in [0.717, 1.165) is 25.7 Å². The highest BCUT2D eigenvalue weighted by atomic mass is 32.2. The Kier molecular flexibility index (Phi) is 5.82. The number of piperidine rings is 1. The molecule has 3 rings (SSSR count). The summed E-state index contributed by atoms with van der Waals surface area (Å²) in [6, 6.07) is 6.55. The molecule has 1 fully saturated rings. The quantitative estimate of drug-likeness (QED) is 0.816. The van der Waals surface area contributed by atoms with Gasteiger partial charge in [0.1, 0.15) is 0 Å². The normalized spacial score (nSPS) is 27.2. The van der Waals surface area contributed by atoms with Crippen LogP contribution in [0.3, 0.4) is 0 Å². The average molecular weight is 377 g/mol. The summed E-state index contributed by atoms with van der Waals surface area (Å²) in [5, 5.41) is 2.90. The van der Waals surface area contributed by atoms with Gasteiger partial charge in [-0.05, 0) is 61.8 Å². The summed E-state index contributed by atoms with van der Waals surface area (Å²) in [4.78, 5) is 12.6. The summed E-state index contributed by atoms with van der Waals surface area (Å²) in [7, 11) is -3.48. The van der Waals surface area contributed by atoms with Crippen molar-refractivity contribution in [2.45, 2.75) is 44.4 Å². The highest BCUT2D eigenvalue weighted by Crippen LogP contribution is 2.27. The second-order valence-electron chi connectivity index (χ2n) is 7.76. The third-order valence-corrected chi connectivity index (χ3v) is 7.08. The Balaban J connectivity index is 1.68. The number of nitrogens with zero attached hydrogens (tertiary/aromatic N) is 1. The fourth-order valence-corrected chi connectivity index (χ4v) is 5.62. The van der Waals surface area contributed by atoms with Crippen molar-refractivity contribution in [3.63, 3.8) is 0 Å². The Hall–Kier alpha value is -1.66. The number of allylic oxidation sites excluding steroid dienone is 2. The van der Waals surface area contributed by atoms with Crippen LogP contribution in [-0.2, 0) is 14.8 Å². The lowest BCUT2D eigenvalue weighted by Crippen LogP contribution is -2.42. The molecule has 1 N–H and O–H groups in total. The molecule has 1 aliphatic heterocycles. The number of hydrogen-bond donors (Lipinski definition) is 1. The molecule has 0 radical (unpaired) electrons. The van der Waals surface area contributed by atoms with Crippen LogP contribution in [0, 0.1) is 17.8 Å². The maximum atomic E-state index is 12.9. The average Bonchev–Trinajstić information content (AvgIpc) is 2.62. The van der Waals surface area contributed by atoms with Gasteiger partial charge in [0.15, 0.2) is 0 Å². The summed E-state index contributed by atoms with van der Waals surface area (Å²) < 4.78 is 27.4. The van der Waals surface area contributed by atoms with E-state index in [4.69, 9.17) is 0 Å². The molecule has 6 heteroatoms. The molecule has 3 unspecified atom stereocenters. The highest BCUT2D eigenvalue weighted by Gasteiger charge is 2.31.